The van der Waals surface area contributed by atoms with Crippen molar-refractivity contribution in [1.29, 1.82) is 0 Å². The lowest BCUT2D eigenvalue weighted by molar-refractivity contribution is -0.137. The van der Waals surface area contributed by atoms with Crippen molar-refractivity contribution in [3.05, 3.63) is 15.6 Å². The second-order valence-corrected chi connectivity index (χ2v) is 6.53. The standard InChI is InChI=1S/C14H23NO2S/c1-9(2)8-11-14(10(3)4)18-12(15-11)6-5-7-13(16)17/h9-10H,5-8H2,1-4H3,(H,16,17). The van der Waals surface area contributed by atoms with Crippen molar-refractivity contribution in [1.82, 2.24) is 4.98 Å². The monoisotopic (exact) mass is 269 g/mol. The Morgan fingerprint density at radius 1 is 1.33 bits per heavy atom. The Bertz CT molecular complexity index is 396. The highest BCUT2D eigenvalue weighted by Gasteiger charge is 2.15. The van der Waals surface area contributed by atoms with Crippen molar-refractivity contribution in [2.75, 3.05) is 0 Å². The third kappa shape index (κ3) is 4.77. The predicted octanol–water partition coefficient (Wildman–Crippen LogP) is 3.87. The molecule has 0 aliphatic heterocycles. The first kappa shape index (κ1) is 15.2. The van der Waals surface area contributed by atoms with Gasteiger partial charge in [-0.3, -0.25) is 4.79 Å². The highest BCUT2D eigenvalue weighted by molar-refractivity contribution is 7.11. The fraction of sp³-hybridized carbons (Fsp3) is 0.714. The van der Waals surface area contributed by atoms with Gasteiger partial charge in [-0.05, 0) is 31.1 Å². The summed E-state index contributed by atoms with van der Waals surface area (Å²) in [5.74, 6) is 0.388. The summed E-state index contributed by atoms with van der Waals surface area (Å²) in [5.41, 5.74) is 1.22. The molecule has 102 valence electrons. The zero-order valence-corrected chi connectivity index (χ0v) is 12.5. The van der Waals surface area contributed by atoms with Crippen molar-refractivity contribution in [2.45, 2.75) is 59.3 Å². The first-order chi connectivity index (χ1) is 8.40. The molecule has 0 aliphatic carbocycles. The number of nitrogens with zero attached hydrogens (tertiary/aromatic N) is 1. The molecule has 0 bridgehead atoms. The van der Waals surface area contributed by atoms with Gasteiger partial charge < -0.3 is 5.11 Å². The number of aliphatic carboxylic acids is 1. The number of hydrogen-bond acceptors (Lipinski definition) is 3. The van der Waals surface area contributed by atoms with E-state index in [9.17, 15) is 4.79 Å². The smallest absolute Gasteiger partial charge is 0.303 e. The Morgan fingerprint density at radius 2 is 2.00 bits per heavy atom. The Kier molecular flexibility index (Phi) is 5.79. The summed E-state index contributed by atoms with van der Waals surface area (Å²) in [6.45, 7) is 8.79. The maximum atomic E-state index is 10.5. The van der Waals surface area contributed by atoms with Crippen molar-refractivity contribution < 1.29 is 9.90 Å². The Morgan fingerprint density at radius 3 is 2.50 bits per heavy atom. The molecule has 18 heavy (non-hydrogen) atoms. The number of thiazole rings is 1. The minimum absolute atomic E-state index is 0.232. The molecule has 0 fully saturated rings. The largest absolute Gasteiger partial charge is 0.481 e. The average Bonchev–Trinajstić information content (AvgIpc) is 2.59. The quantitative estimate of drug-likeness (QED) is 0.817. The molecule has 0 unspecified atom stereocenters. The molecule has 0 atom stereocenters. The van der Waals surface area contributed by atoms with E-state index in [0.717, 1.165) is 17.8 Å². The van der Waals surface area contributed by atoms with Crippen molar-refractivity contribution in [3.8, 4) is 0 Å². The molecule has 3 nitrogen and oxygen atoms in total. The van der Waals surface area contributed by atoms with Gasteiger partial charge in [0, 0.05) is 11.3 Å². The van der Waals surface area contributed by atoms with Crippen LogP contribution in [-0.2, 0) is 17.6 Å². The Labute approximate surface area is 113 Å². The fourth-order valence-corrected chi connectivity index (χ4v) is 3.03. The number of rotatable bonds is 7. The molecule has 1 heterocycles. The lowest BCUT2D eigenvalue weighted by atomic mass is 10.0. The van der Waals surface area contributed by atoms with Crippen molar-refractivity contribution >= 4 is 17.3 Å². The molecular weight excluding hydrogens is 246 g/mol. The number of carboxylic acid groups (broad SMARTS) is 1. The van der Waals surface area contributed by atoms with Gasteiger partial charge >= 0.3 is 5.97 Å². The maximum Gasteiger partial charge on any atom is 0.303 e. The number of aryl methyl sites for hydroxylation is 1. The number of carbonyl (C=O) groups is 1. The zero-order chi connectivity index (χ0) is 13.7. The van der Waals surface area contributed by atoms with E-state index in [4.69, 9.17) is 10.1 Å². The van der Waals surface area contributed by atoms with Crippen LogP contribution in [0.5, 0.6) is 0 Å². The number of carboxylic acids is 1. The second-order valence-electron chi connectivity index (χ2n) is 5.42. The minimum Gasteiger partial charge on any atom is -0.481 e. The molecule has 0 radical (unpaired) electrons. The summed E-state index contributed by atoms with van der Waals surface area (Å²) in [6, 6.07) is 0. The van der Waals surface area contributed by atoms with Gasteiger partial charge in [-0.2, -0.15) is 0 Å². The van der Waals surface area contributed by atoms with E-state index in [1.54, 1.807) is 11.3 Å². The molecule has 0 aromatic carbocycles. The van der Waals surface area contributed by atoms with E-state index in [0.29, 0.717) is 18.3 Å². The molecule has 1 N–H and O–H groups in total. The molecule has 1 aromatic rings. The highest BCUT2D eigenvalue weighted by atomic mass is 32.1. The molecule has 0 saturated carbocycles. The first-order valence-corrected chi connectivity index (χ1v) is 7.42. The zero-order valence-electron chi connectivity index (χ0n) is 11.7. The highest BCUT2D eigenvalue weighted by Crippen LogP contribution is 2.29. The van der Waals surface area contributed by atoms with Crippen molar-refractivity contribution in [3.63, 3.8) is 0 Å². The predicted molar refractivity (Wildman–Crippen MR) is 75.3 cm³/mol. The van der Waals surface area contributed by atoms with Crippen LogP contribution in [0, 0.1) is 5.92 Å². The van der Waals surface area contributed by atoms with Gasteiger partial charge in [0.2, 0.25) is 0 Å². The summed E-state index contributed by atoms with van der Waals surface area (Å²) in [7, 11) is 0. The SMILES string of the molecule is CC(C)Cc1nc(CCCC(=O)O)sc1C(C)C. The minimum atomic E-state index is -0.724. The molecule has 0 aliphatic rings. The van der Waals surface area contributed by atoms with Crippen LogP contribution in [0.15, 0.2) is 0 Å². The van der Waals surface area contributed by atoms with E-state index in [-0.39, 0.29) is 6.42 Å². The van der Waals surface area contributed by atoms with Gasteiger partial charge in [-0.1, -0.05) is 27.7 Å². The molecular formula is C14H23NO2S. The third-order valence-corrected chi connectivity index (χ3v) is 4.14. The summed E-state index contributed by atoms with van der Waals surface area (Å²) >= 11 is 1.76. The van der Waals surface area contributed by atoms with Crippen LogP contribution in [0.3, 0.4) is 0 Å². The lowest BCUT2D eigenvalue weighted by Crippen LogP contribution is -1.99. The summed E-state index contributed by atoms with van der Waals surface area (Å²) < 4.78 is 0. The van der Waals surface area contributed by atoms with Crippen LogP contribution >= 0.6 is 11.3 Å². The van der Waals surface area contributed by atoms with Gasteiger partial charge in [-0.15, -0.1) is 11.3 Å². The topological polar surface area (TPSA) is 50.2 Å². The van der Waals surface area contributed by atoms with E-state index in [1.165, 1.54) is 10.6 Å². The number of hydrogen-bond donors (Lipinski definition) is 1. The van der Waals surface area contributed by atoms with Gasteiger partial charge in [0.1, 0.15) is 0 Å². The molecule has 4 heteroatoms. The lowest BCUT2D eigenvalue weighted by Gasteiger charge is -2.06. The van der Waals surface area contributed by atoms with Crippen LogP contribution in [0.4, 0.5) is 0 Å². The Hall–Kier alpha value is -0.900. The van der Waals surface area contributed by atoms with Crippen molar-refractivity contribution in [2.24, 2.45) is 5.92 Å². The Balaban J connectivity index is 2.72. The summed E-state index contributed by atoms with van der Waals surface area (Å²) in [6.07, 6.45) is 2.72. The van der Waals surface area contributed by atoms with Gasteiger partial charge in [0.25, 0.3) is 0 Å². The first-order valence-electron chi connectivity index (χ1n) is 6.60. The van der Waals surface area contributed by atoms with Crippen LogP contribution in [0.1, 0.15) is 62.0 Å². The van der Waals surface area contributed by atoms with Gasteiger partial charge in [0.05, 0.1) is 10.7 Å². The maximum absolute atomic E-state index is 10.5. The van der Waals surface area contributed by atoms with Gasteiger partial charge in [-0.25, -0.2) is 4.98 Å². The van der Waals surface area contributed by atoms with Crippen LogP contribution < -0.4 is 0 Å². The van der Waals surface area contributed by atoms with Gasteiger partial charge in [0.15, 0.2) is 0 Å². The second kappa shape index (κ2) is 6.88. The van der Waals surface area contributed by atoms with Crippen LogP contribution in [-0.4, -0.2) is 16.1 Å². The van der Waals surface area contributed by atoms with Crippen LogP contribution in [0.25, 0.3) is 0 Å². The van der Waals surface area contributed by atoms with Crippen LogP contribution in [0.2, 0.25) is 0 Å². The molecule has 0 amide bonds. The molecule has 0 spiro atoms. The molecule has 1 aromatic heterocycles. The summed E-state index contributed by atoms with van der Waals surface area (Å²) in [5, 5.41) is 9.73. The van der Waals surface area contributed by atoms with E-state index in [1.807, 2.05) is 0 Å². The van der Waals surface area contributed by atoms with E-state index < -0.39 is 5.97 Å². The number of aromatic nitrogens is 1. The van der Waals surface area contributed by atoms with E-state index in [2.05, 4.69) is 27.7 Å². The fourth-order valence-electron chi connectivity index (χ4n) is 1.90. The third-order valence-electron chi connectivity index (χ3n) is 2.68. The molecule has 0 saturated heterocycles. The van der Waals surface area contributed by atoms with E-state index >= 15 is 0 Å². The average molecular weight is 269 g/mol. The normalized spacial score (nSPS) is 11.4. The summed E-state index contributed by atoms with van der Waals surface area (Å²) in [4.78, 5) is 16.6. The molecule has 1 rings (SSSR count).